The summed E-state index contributed by atoms with van der Waals surface area (Å²) < 4.78 is 4.65. The minimum Gasteiger partial charge on any atom is -0.467 e. The number of rotatable bonds is 5. The van der Waals surface area contributed by atoms with Crippen molar-refractivity contribution in [3.8, 4) is 0 Å². The molecule has 1 saturated carbocycles. The standard InChI is InChI=1S/C11H20N2O3/c1-7(2)6-9(10(14)16-3)13-11(15)12-8-4-5-8/h7-9H,4-6H2,1-3H3,(H2,12,13,15). The first kappa shape index (κ1) is 12.8. The van der Waals surface area contributed by atoms with E-state index in [0.29, 0.717) is 12.3 Å². The highest BCUT2D eigenvalue weighted by Gasteiger charge is 2.27. The number of carbonyl (C=O) groups excluding carboxylic acids is 2. The van der Waals surface area contributed by atoms with E-state index >= 15 is 0 Å². The second kappa shape index (κ2) is 5.72. The lowest BCUT2D eigenvalue weighted by molar-refractivity contribution is -0.143. The van der Waals surface area contributed by atoms with Crippen LogP contribution in [0.1, 0.15) is 33.1 Å². The molecule has 5 nitrogen and oxygen atoms in total. The first-order chi connectivity index (χ1) is 7.52. The second-order valence-corrected chi connectivity index (χ2v) is 4.60. The van der Waals surface area contributed by atoms with Crippen molar-refractivity contribution in [2.45, 2.75) is 45.2 Å². The molecule has 1 unspecified atom stereocenters. The Balaban J connectivity index is 2.40. The predicted octanol–water partition coefficient (Wildman–Crippen LogP) is 1.04. The van der Waals surface area contributed by atoms with Gasteiger partial charge < -0.3 is 15.4 Å². The van der Waals surface area contributed by atoms with Crippen molar-refractivity contribution in [3.05, 3.63) is 0 Å². The third kappa shape index (κ3) is 4.51. The first-order valence-corrected chi connectivity index (χ1v) is 5.67. The summed E-state index contributed by atoms with van der Waals surface area (Å²) in [7, 11) is 1.33. The summed E-state index contributed by atoms with van der Waals surface area (Å²) in [5, 5.41) is 5.42. The molecule has 1 aliphatic carbocycles. The van der Waals surface area contributed by atoms with Crippen LogP contribution >= 0.6 is 0 Å². The average Bonchev–Trinajstić information content (AvgIpc) is 2.98. The van der Waals surface area contributed by atoms with Gasteiger partial charge in [0.1, 0.15) is 6.04 Å². The molecular weight excluding hydrogens is 208 g/mol. The molecule has 0 saturated heterocycles. The molecule has 0 aromatic heterocycles. The molecule has 0 aromatic carbocycles. The van der Waals surface area contributed by atoms with Crippen molar-refractivity contribution in [1.29, 1.82) is 0 Å². The van der Waals surface area contributed by atoms with E-state index in [4.69, 9.17) is 0 Å². The number of hydrogen-bond acceptors (Lipinski definition) is 3. The quantitative estimate of drug-likeness (QED) is 0.691. The van der Waals surface area contributed by atoms with Crippen molar-refractivity contribution in [3.63, 3.8) is 0 Å². The van der Waals surface area contributed by atoms with E-state index in [1.807, 2.05) is 13.8 Å². The van der Waals surface area contributed by atoms with Crippen LogP contribution in [0.5, 0.6) is 0 Å². The van der Waals surface area contributed by atoms with Crippen LogP contribution in [-0.2, 0) is 9.53 Å². The lowest BCUT2D eigenvalue weighted by Gasteiger charge is -2.18. The molecule has 2 N–H and O–H groups in total. The lowest BCUT2D eigenvalue weighted by Crippen LogP contribution is -2.47. The number of nitrogens with one attached hydrogen (secondary N) is 2. The van der Waals surface area contributed by atoms with Gasteiger partial charge in [-0.1, -0.05) is 13.8 Å². The largest absolute Gasteiger partial charge is 0.467 e. The summed E-state index contributed by atoms with van der Waals surface area (Å²) in [5.41, 5.74) is 0. The lowest BCUT2D eigenvalue weighted by atomic mass is 10.0. The molecule has 0 radical (unpaired) electrons. The average molecular weight is 228 g/mol. The fraction of sp³-hybridized carbons (Fsp3) is 0.818. The molecule has 1 fully saturated rings. The highest BCUT2D eigenvalue weighted by molar-refractivity contribution is 5.83. The normalized spacial score (nSPS) is 16.8. The second-order valence-electron chi connectivity index (χ2n) is 4.60. The molecule has 1 rings (SSSR count). The summed E-state index contributed by atoms with van der Waals surface area (Å²) in [6.45, 7) is 3.99. The molecular formula is C11H20N2O3. The van der Waals surface area contributed by atoms with Gasteiger partial charge in [-0.3, -0.25) is 0 Å². The molecule has 5 heteroatoms. The zero-order valence-corrected chi connectivity index (χ0v) is 10.1. The Hall–Kier alpha value is -1.26. The maximum Gasteiger partial charge on any atom is 0.328 e. The highest BCUT2D eigenvalue weighted by atomic mass is 16.5. The Morgan fingerprint density at radius 2 is 2.00 bits per heavy atom. The van der Waals surface area contributed by atoms with Crippen LogP contribution in [0.4, 0.5) is 4.79 Å². The Morgan fingerprint density at radius 1 is 1.38 bits per heavy atom. The van der Waals surface area contributed by atoms with Crippen LogP contribution in [0.2, 0.25) is 0 Å². The monoisotopic (exact) mass is 228 g/mol. The maximum atomic E-state index is 11.5. The molecule has 0 aromatic rings. The van der Waals surface area contributed by atoms with Crippen molar-refractivity contribution in [2.24, 2.45) is 5.92 Å². The smallest absolute Gasteiger partial charge is 0.328 e. The molecule has 2 amide bonds. The third-order valence-corrected chi connectivity index (χ3v) is 2.41. The van der Waals surface area contributed by atoms with E-state index in [1.54, 1.807) is 0 Å². The van der Waals surface area contributed by atoms with Crippen LogP contribution < -0.4 is 10.6 Å². The molecule has 92 valence electrons. The predicted molar refractivity (Wildman–Crippen MR) is 59.9 cm³/mol. The van der Waals surface area contributed by atoms with Crippen LogP contribution in [0.15, 0.2) is 0 Å². The van der Waals surface area contributed by atoms with E-state index in [-0.39, 0.29) is 18.0 Å². The van der Waals surface area contributed by atoms with Gasteiger partial charge in [-0.15, -0.1) is 0 Å². The number of amides is 2. The summed E-state index contributed by atoms with van der Waals surface area (Å²) in [4.78, 5) is 22.9. The molecule has 0 spiro atoms. The number of ether oxygens (including phenoxy) is 1. The molecule has 1 atom stereocenters. The zero-order valence-electron chi connectivity index (χ0n) is 10.1. The van der Waals surface area contributed by atoms with Crippen molar-refractivity contribution in [2.75, 3.05) is 7.11 Å². The van der Waals surface area contributed by atoms with Crippen LogP contribution in [0, 0.1) is 5.92 Å². The van der Waals surface area contributed by atoms with Gasteiger partial charge in [0.15, 0.2) is 0 Å². The molecule has 0 aliphatic heterocycles. The van der Waals surface area contributed by atoms with Crippen molar-refractivity contribution in [1.82, 2.24) is 10.6 Å². The highest BCUT2D eigenvalue weighted by Crippen LogP contribution is 2.18. The van der Waals surface area contributed by atoms with Crippen LogP contribution in [0.25, 0.3) is 0 Å². The Kier molecular flexibility index (Phi) is 4.58. The molecule has 1 aliphatic rings. The van der Waals surface area contributed by atoms with Gasteiger partial charge in [0, 0.05) is 6.04 Å². The number of urea groups is 1. The van der Waals surface area contributed by atoms with E-state index in [1.165, 1.54) is 7.11 Å². The first-order valence-electron chi connectivity index (χ1n) is 5.67. The van der Waals surface area contributed by atoms with Crippen LogP contribution in [-0.4, -0.2) is 31.2 Å². The maximum absolute atomic E-state index is 11.5. The Labute approximate surface area is 95.9 Å². The number of esters is 1. The fourth-order valence-electron chi connectivity index (χ4n) is 1.44. The van der Waals surface area contributed by atoms with Gasteiger partial charge in [0.05, 0.1) is 7.11 Å². The molecule has 16 heavy (non-hydrogen) atoms. The van der Waals surface area contributed by atoms with Crippen LogP contribution in [0.3, 0.4) is 0 Å². The zero-order chi connectivity index (χ0) is 12.1. The van der Waals surface area contributed by atoms with Gasteiger partial charge in [0.2, 0.25) is 0 Å². The minimum atomic E-state index is -0.552. The summed E-state index contributed by atoms with van der Waals surface area (Å²) in [5.74, 6) is -0.0648. The topological polar surface area (TPSA) is 67.4 Å². The van der Waals surface area contributed by atoms with E-state index in [0.717, 1.165) is 12.8 Å². The fourth-order valence-corrected chi connectivity index (χ4v) is 1.44. The van der Waals surface area contributed by atoms with Gasteiger partial charge in [0.25, 0.3) is 0 Å². The summed E-state index contributed by atoms with van der Waals surface area (Å²) in [6, 6.07) is -0.542. The van der Waals surface area contributed by atoms with E-state index < -0.39 is 6.04 Å². The number of hydrogen-bond donors (Lipinski definition) is 2. The Morgan fingerprint density at radius 3 is 2.44 bits per heavy atom. The van der Waals surface area contributed by atoms with Gasteiger partial charge in [-0.2, -0.15) is 0 Å². The summed E-state index contributed by atoms with van der Waals surface area (Å²) >= 11 is 0. The van der Waals surface area contributed by atoms with Crippen molar-refractivity contribution < 1.29 is 14.3 Å². The molecule has 0 bridgehead atoms. The Bertz CT molecular complexity index is 262. The minimum absolute atomic E-state index is 0.279. The summed E-state index contributed by atoms with van der Waals surface area (Å²) in [6.07, 6.45) is 2.64. The van der Waals surface area contributed by atoms with Gasteiger partial charge in [-0.25, -0.2) is 9.59 Å². The van der Waals surface area contributed by atoms with Crippen molar-refractivity contribution >= 4 is 12.0 Å². The van der Waals surface area contributed by atoms with E-state index in [2.05, 4.69) is 15.4 Å². The van der Waals surface area contributed by atoms with E-state index in [9.17, 15) is 9.59 Å². The van der Waals surface area contributed by atoms with Gasteiger partial charge >= 0.3 is 12.0 Å². The number of carbonyl (C=O) groups is 2. The SMILES string of the molecule is COC(=O)C(CC(C)C)NC(=O)NC1CC1. The van der Waals surface area contributed by atoms with Gasteiger partial charge in [-0.05, 0) is 25.2 Å². The molecule has 0 heterocycles. The third-order valence-electron chi connectivity index (χ3n) is 2.41. The number of methoxy groups -OCH3 is 1.